The summed E-state index contributed by atoms with van der Waals surface area (Å²) in [6, 6.07) is 6.41. The average molecular weight is 242 g/mol. The molecule has 94 valence electrons. The lowest BCUT2D eigenvalue weighted by Crippen LogP contribution is -2.13. The smallest absolute Gasteiger partial charge is 0.115 e. The Balaban J connectivity index is 1.95. The Bertz CT molecular complexity index is 582. The molecule has 0 amide bonds. The molecule has 1 saturated carbocycles. The van der Waals surface area contributed by atoms with Gasteiger partial charge >= 0.3 is 0 Å². The van der Waals surface area contributed by atoms with Crippen molar-refractivity contribution in [1.29, 1.82) is 0 Å². The monoisotopic (exact) mass is 242 g/mol. The Morgan fingerprint density at radius 3 is 2.67 bits per heavy atom. The number of benzene rings is 1. The number of hydrogen-bond acceptors (Lipinski definition) is 2. The van der Waals surface area contributed by atoms with Gasteiger partial charge in [-0.1, -0.05) is 12.1 Å². The molecular formula is C15H18N2O. The molecule has 2 aromatic rings. The molecule has 1 aliphatic rings. The van der Waals surface area contributed by atoms with Crippen LogP contribution in [-0.2, 0) is 5.41 Å². The first-order chi connectivity index (χ1) is 8.64. The van der Waals surface area contributed by atoms with Crippen LogP contribution in [0, 0.1) is 13.8 Å². The van der Waals surface area contributed by atoms with E-state index in [0.717, 1.165) is 29.9 Å². The molecule has 2 N–H and O–H groups in total. The second-order valence-electron chi connectivity index (χ2n) is 5.38. The minimum atomic E-state index is -0.0853. The summed E-state index contributed by atoms with van der Waals surface area (Å²) in [6.45, 7) is 4.42. The molecule has 0 radical (unpaired) electrons. The SMILES string of the molecule is Cc1ccc(-c2cnc(C3(CO)CC3)[nH]2)cc1C. The number of aromatic nitrogens is 2. The van der Waals surface area contributed by atoms with Gasteiger partial charge in [0.1, 0.15) is 5.82 Å². The van der Waals surface area contributed by atoms with Crippen LogP contribution >= 0.6 is 0 Å². The second-order valence-corrected chi connectivity index (χ2v) is 5.38. The highest BCUT2D eigenvalue weighted by Gasteiger charge is 2.46. The van der Waals surface area contributed by atoms with Gasteiger partial charge in [0, 0.05) is 0 Å². The molecular weight excluding hydrogens is 224 g/mol. The van der Waals surface area contributed by atoms with E-state index in [4.69, 9.17) is 0 Å². The van der Waals surface area contributed by atoms with Crippen molar-refractivity contribution in [3.05, 3.63) is 41.3 Å². The molecule has 1 aromatic heterocycles. The zero-order chi connectivity index (χ0) is 12.8. The molecule has 3 heteroatoms. The number of H-pyrrole nitrogens is 1. The first-order valence-electron chi connectivity index (χ1n) is 6.39. The largest absolute Gasteiger partial charge is 0.395 e. The molecule has 1 fully saturated rings. The molecule has 0 unspecified atom stereocenters. The summed E-state index contributed by atoms with van der Waals surface area (Å²) >= 11 is 0. The van der Waals surface area contributed by atoms with Crippen LogP contribution in [0.25, 0.3) is 11.3 Å². The van der Waals surface area contributed by atoms with Crippen molar-refractivity contribution in [3.8, 4) is 11.3 Å². The predicted octanol–water partition coefficient (Wildman–Crippen LogP) is 2.72. The Labute approximate surface area is 107 Å². The van der Waals surface area contributed by atoms with E-state index in [2.05, 4.69) is 42.0 Å². The van der Waals surface area contributed by atoms with Crippen molar-refractivity contribution in [2.45, 2.75) is 32.1 Å². The first kappa shape index (κ1) is 11.5. The molecule has 1 aromatic carbocycles. The summed E-state index contributed by atoms with van der Waals surface area (Å²) in [6.07, 6.45) is 3.93. The third kappa shape index (κ3) is 1.75. The van der Waals surface area contributed by atoms with Crippen LogP contribution in [0.3, 0.4) is 0 Å². The van der Waals surface area contributed by atoms with E-state index in [-0.39, 0.29) is 12.0 Å². The van der Waals surface area contributed by atoms with Gasteiger partial charge in [0.05, 0.1) is 23.9 Å². The van der Waals surface area contributed by atoms with Crippen LogP contribution in [0.1, 0.15) is 29.8 Å². The third-order valence-electron chi connectivity index (χ3n) is 4.05. The first-order valence-corrected chi connectivity index (χ1v) is 6.39. The van der Waals surface area contributed by atoms with E-state index in [1.165, 1.54) is 11.1 Å². The number of aryl methyl sites for hydroxylation is 2. The van der Waals surface area contributed by atoms with E-state index < -0.39 is 0 Å². The number of nitrogens with zero attached hydrogens (tertiary/aromatic N) is 1. The summed E-state index contributed by atoms with van der Waals surface area (Å²) in [5.41, 5.74) is 4.69. The number of aromatic amines is 1. The zero-order valence-corrected chi connectivity index (χ0v) is 10.8. The maximum absolute atomic E-state index is 9.41. The van der Waals surface area contributed by atoms with Gasteiger partial charge in [0.25, 0.3) is 0 Å². The number of rotatable bonds is 3. The Morgan fingerprint density at radius 1 is 1.28 bits per heavy atom. The van der Waals surface area contributed by atoms with Crippen molar-refractivity contribution in [2.24, 2.45) is 0 Å². The molecule has 0 spiro atoms. The lowest BCUT2D eigenvalue weighted by molar-refractivity contribution is 0.250. The summed E-state index contributed by atoms with van der Waals surface area (Å²) in [7, 11) is 0. The van der Waals surface area contributed by atoms with Gasteiger partial charge in [-0.3, -0.25) is 0 Å². The highest BCUT2D eigenvalue weighted by molar-refractivity contribution is 5.60. The quantitative estimate of drug-likeness (QED) is 0.869. The minimum Gasteiger partial charge on any atom is -0.395 e. The van der Waals surface area contributed by atoms with Crippen LogP contribution in [0.2, 0.25) is 0 Å². The number of aliphatic hydroxyl groups is 1. The maximum Gasteiger partial charge on any atom is 0.115 e. The normalized spacial score (nSPS) is 16.8. The maximum atomic E-state index is 9.41. The third-order valence-corrected chi connectivity index (χ3v) is 4.05. The molecule has 18 heavy (non-hydrogen) atoms. The zero-order valence-electron chi connectivity index (χ0n) is 10.8. The van der Waals surface area contributed by atoms with Gasteiger partial charge in [-0.15, -0.1) is 0 Å². The Hall–Kier alpha value is -1.61. The van der Waals surface area contributed by atoms with Crippen molar-refractivity contribution < 1.29 is 5.11 Å². The fourth-order valence-electron chi connectivity index (χ4n) is 2.27. The van der Waals surface area contributed by atoms with E-state index in [9.17, 15) is 5.11 Å². The molecule has 0 saturated heterocycles. The highest BCUT2D eigenvalue weighted by Crippen LogP contribution is 2.46. The van der Waals surface area contributed by atoms with Crippen molar-refractivity contribution in [3.63, 3.8) is 0 Å². The van der Waals surface area contributed by atoms with Gasteiger partial charge in [0.15, 0.2) is 0 Å². The summed E-state index contributed by atoms with van der Waals surface area (Å²) in [5.74, 6) is 0.929. The van der Waals surface area contributed by atoms with Crippen LogP contribution in [0.4, 0.5) is 0 Å². The van der Waals surface area contributed by atoms with E-state index in [1.54, 1.807) is 0 Å². The number of hydrogen-bond donors (Lipinski definition) is 2. The van der Waals surface area contributed by atoms with Gasteiger partial charge in [0.2, 0.25) is 0 Å². The van der Waals surface area contributed by atoms with Crippen molar-refractivity contribution in [1.82, 2.24) is 9.97 Å². The molecule has 0 bridgehead atoms. The van der Waals surface area contributed by atoms with Crippen LogP contribution in [0.5, 0.6) is 0 Å². The van der Waals surface area contributed by atoms with E-state index in [0.29, 0.717) is 0 Å². The standard InChI is InChI=1S/C15H18N2O/c1-10-3-4-12(7-11(10)2)13-8-16-14(17-13)15(9-18)5-6-15/h3-4,7-8,18H,5-6,9H2,1-2H3,(H,16,17). The van der Waals surface area contributed by atoms with Gasteiger partial charge < -0.3 is 10.1 Å². The van der Waals surface area contributed by atoms with Crippen LogP contribution in [0.15, 0.2) is 24.4 Å². The fraction of sp³-hybridized carbons (Fsp3) is 0.400. The lowest BCUT2D eigenvalue weighted by Gasteiger charge is -2.07. The fourth-order valence-corrected chi connectivity index (χ4v) is 2.27. The van der Waals surface area contributed by atoms with Gasteiger partial charge in [-0.2, -0.15) is 0 Å². The van der Waals surface area contributed by atoms with Crippen LogP contribution in [-0.4, -0.2) is 21.7 Å². The number of aliphatic hydroxyl groups excluding tert-OH is 1. The van der Waals surface area contributed by atoms with E-state index in [1.807, 2.05) is 6.20 Å². The lowest BCUT2D eigenvalue weighted by atomic mass is 10.0. The Morgan fingerprint density at radius 2 is 2.06 bits per heavy atom. The molecule has 0 aliphatic heterocycles. The molecule has 3 nitrogen and oxygen atoms in total. The molecule has 1 heterocycles. The van der Waals surface area contributed by atoms with E-state index >= 15 is 0 Å². The molecule has 0 atom stereocenters. The predicted molar refractivity (Wildman–Crippen MR) is 71.5 cm³/mol. The minimum absolute atomic E-state index is 0.0853. The highest BCUT2D eigenvalue weighted by atomic mass is 16.3. The van der Waals surface area contributed by atoms with Crippen molar-refractivity contribution >= 4 is 0 Å². The average Bonchev–Trinajstić information content (AvgIpc) is 3.02. The van der Waals surface area contributed by atoms with Gasteiger partial charge in [-0.05, 0) is 49.4 Å². The van der Waals surface area contributed by atoms with Crippen LogP contribution < -0.4 is 0 Å². The molecule has 1 aliphatic carbocycles. The van der Waals surface area contributed by atoms with Crippen molar-refractivity contribution in [2.75, 3.05) is 6.61 Å². The summed E-state index contributed by atoms with van der Waals surface area (Å²) in [4.78, 5) is 7.79. The second kappa shape index (κ2) is 3.95. The Kier molecular flexibility index (Phi) is 2.52. The summed E-state index contributed by atoms with van der Waals surface area (Å²) in [5, 5.41) is 9.41. The molecule has 3 rings (SSSR count). The number of nitrogens with one attached hydrogen (secondary N) is 1. The topological polar surface area (TPSA) is 48.9 Å². The van der Waals surface area contributed by atoms with Gasteiger partial charge in [-0.25, -0.2) is 4.98 Å². The summed E-state index contributed by atoms with van der Waals surface area (Å²) < 4.78 is 0. The number of imidazole rings is 1.